The van der Waals surface area contributed by atoms with Crippen molar-refractivity contribution >= 4 is 17.5 Å². The standard InChI is InChI=1S/C18H23F3N2O2/c1-13(24)23(16-9-5-6-14(12-16)18(19,20)21)11-10-17(25)22-15-7-3-2-4-8-15/h5-6,9,12,15H,2-4,7-8,10-11H2,1H3,(H,22,25). The molecule has 0 aromatic heterocycles. The van der Waals surface area contributed by atoms with Gasteiger partial charge in [0.05, 0.1) is 5.56 Å². The average molecular weight is 356 g/mol. The highest BCUT2D eigenvalue weighted by Gasteiger charge is 2.31. The van der Waals surface area contributed by atoms with Crippen LogP contribution in [0.1, 0.15) is 51.0 Å². The van der Waals surface area contributed by atoms with Crippen molar-refractivity contribution in [3.63, 3.8) is 0 Å². The molecule has 25 heavy (non-hydrogen) atoms. The Kier molecular flexibility index (Phi) is 6.45. The number of hydrogen-bond acceptors (Lipinski definition) is 2. The van der Waals surface area contributed by atoms with Gasteiger partial charge in [-0.1, -0.05) is 25.3 Å². The molecule has 0 heterocycles. The van der Waals surface area contributed by atoms with Crippen molar-refractivity contribution in [1.82, 2.24) is 5.32 Å². The Balaban J connectivity index is 1.99. The topological polar surface area (TPSA) is 49.4 Å². The first-order chi connectivity index (χ1) is 11.8. The van der Waals surface area contributed by atoms with Crippen molar-refractivity contribution in [3.05, 3.63) is 29.8 Å². The highest BCUT2D eigenvalue weighted by atomic mass is 19.4. The van der Waals surface area contributed by atoms with Crippen LogP contribution in [0.5, 0.6) is 0 Å². The molecule has 1 N–H and O–H groups in total. The number of halogens is 3. The Morgan fingerprint density at radius 3 is 2.48 bits per heavy atom. The minimum absolute atomic E-state index is 0.0508. The van der Waals surface area contributed by atoms with Gasteiger partial charge in [0.1, 0.15) is 0 Å². The van der Waals surface area contributed by atoms with Gasteiger partial charge < -0.3 is 10.2 Å². The number of hydrogen-bond donors (Lipinski definition) is 1. The van der Waals surface area contributed by atoms with E-state index in [1.807, 2.05) is 0 Å². The molecule has 1 aromatic rings. The van der Waals surface area contributed by atoms with Crippen molar-refractivity contribution in [1.29, 1.82) is 0 Å². The number of anilines is 1. The second kappa shape index (κ2) is 8.36. The normalized spacial score (nSPS) is 15.7. The van der Waals surface area contributed by atoms with Gasteiger partial charge in [0.15, 0.2) is 0 Å². The van der Waals surface area contributed by atoms with Crippen molar-refractivity contribution in [2.45, 2.75) is 57.7 Å². The third-order valence-corrected chi connectivity index (χ3v) is 4.40. The summed E-state index contributed by atoms with van der Waals surface area (Å²) in [4.78, 5) is 25.1. The van der Waals surface area contributed by atoms with Gasteiger partial charge in [-0.3, -0.25) is 9.59 Å². The highest BCUT2D eigenvalue weighted by Crippen LogP contribution is 2.31. The number of benzene rings is 1. The Labute approximate surface area is 145 Å². The molecule has 7 heteroatoms. The van der Waals surface area contributed by atoms with Gasteiger partial charge in [-0.05, 0) is 31.0 Å². The monoisotopic (exact) mass is 356 g/mol. The minimum Gasteiger partial charge on any atom is -0.353 e. The largest absolute Gasteiger partial charge is 0.416 e. The number of carbonyl (C=O) groups is 2. The van der Waals surface area contributed by atoms with Crippen LogP contribution in [-0.4, -0.2) is 24.4 Å². The van der Waals surface area contributed by atoms with Crippen LogP contribution in [0.2, 0.25) is 0 Å². The Hall–Kier alpha value is -2.05. The Morgan fingerprint density at radius 2 is 1.88 bits per heavy atom. The van der Waals surface area contributed by atoms with Gasteiger partial charge >= 0.3 is 6.18 Å². The van der Waals surface area contributed by atoms with Crippen molar-refractivity contribution in [2.75, 3.05) is 11.4 Å². The maximum Gasteiger partial charge on any atom is 0.416 e. The summed E-state index contributed by atoms with van der Waals surface area (Å²) in [6.45, 7) is 1.33. The Morgan fingerprint density at radius 1 is 1.20 bits per heavy atom. The van der Waals surface area contributed by atoms with E-state index in [1.54, 1.807) is 0 Å². The first-order valence-electron chi connectivity index (χ1n) is 8.52. The van der Waals surface area contributed by atoms with Crippen LogP contribution in [0.25, 0.3) is 0 Å². The summed E-state index contributed by atoms with van der Waals surface area (Å²) in [6, 6.07) is 4.75. The minimum atomic E-state index is -4.48. The molecule has 138 valence electrons. The number of nitrogens with zero attached hydrogens (tertiary/aromatic N) is 1. The lowest BCUT2D eigenvalue weighted by atomic mass is 9.95. The van der Waals surface area contributed by atoms with E-state index in [9.17, 15) is 22.8 Å². The molecule has 1 aromatic carbocycles. The summed E-state index contributed by atoms with van der Waals surface area (Å²) in [6.07, 6.45) is 0.859. The lowest BCUT2D eigenvalue weighted by Crippen LogP contribution is -2.39. The summed E-state index contributed by atoms with van der Waals surface area (Å²) < 4.78 is 38.5. The molecular formula is C18H23F3N2O2. The van der Waals surface area contributed by atoms with E-state index in [0.717, 1.165) is 37.8 Å². The molecule has 1 saturated carbocycles. The van der Waals surface area contributed by atoms with E-state index in [4.69, 9.17) is 0 Å². The third kappa shape index (κ3) is 5.76. The molecule has 2 rings (SSSR count). The number of rotatable bonds is 5. The molecule has 2 amide bonds. The molecule has 0 saturated heterocycles. The van der Waals surface area contributed by atoms with Crippen LogP contribution in [0.3, 0.4) is 0 Å². The zero-order valence-corrected chi connectivity index (χ0v) is 14.2. The zero-order valence-electron chi connectivity index (χ0n) is 14.2. The molecule has 0 bridgehead atoms. The molecule has 0 radical (unpaired) electrons. The van der Waals surface area contributed by atoms with Gasteiger partial charge in [-0.25, -0.2) is 0 Å². The van der Waals surface area contributed by atoms with Crippen molar-refractivity contribution in [3.8, 4) is 0 Å². The molecule has 1 aliphatic carbocycles. The van der Waals surface area contributed by atoms with Crippen molar-refractivity contribution in [2.24, 2.45) is 0 Å². The van der Waals surface area contributed by atoms with Crippen LogP contribution in [-0.2, 0) is 15.8 Å². The number of amides is 2. The average Bonchev–Trinajstić information content (AvgIpc) is 2.55. The van der Waals surface area contributed by atoms with Crippen molar-refractivity contribution < 1.29 is 22.8 Å². The predicted molar refractivity (Wildman–Crippen MR) is 89.1 cm³/mol. The number of nitrogens with one attached hydrogen (secondary N) is 1. The molecule has 0 spiro atoms. The van der Waals surface area contributed by atoms with Crippen LogP contribution < -0.4 is 10.2 Å². The molecular weight excluding hydrogens is 333 g/mol. The molecule has 0 unspecified atom stereocenters. The molecule has 1 aliphatic rings. The van der Waals surface area contributed by atoms with Gasteiger partial charge in [-0.2, -0.15) is 13.2 Å². The molecule has 4 nitrogen and oxygen atoms in total. The SMILES string of the molecule is CC(=O)N(CCC(=O)NC1CCCCC1)c1cccc(C(F)(F)F)c1. The summed E-state index contributed by atoms with van der Waals surface area (Å²) in [5.41, 5.74) is -0.671. The maximum atomic E-state index is 12.8. The van der Waals surface area contributed by atoms with E-state index in [1.165, 1.54) is 30.4 Å². The Bertz CT molecular complexity index is 611. The van der Waals surface area contributed by atoms with Crippen LogP contribution in [0.15, 0.2) is 24.3 Å². The van der Waals surface area contributed by atoms with E-state index < -0.39 is 17.6 Å². The highest BCUT2D eigenvalue weighted by molar-refractivity contribution is 5.92. The predicted octanol–water partition coefficient (Wildman–Crippen LogP) is 3.90. The molecule has 1 fully saturated rings. The van der Waals surface area contributed by atoms with Crippen LogP contribution >= 0.6 is 0 Å². The van der Waals surface area contributed by atoms with Crippen LogP contribution in [0.4, 0.5) is 18.9 Å². The van der Waals surface area contributed by atoms with E-state index in [2.05, 4.69) is 5.32 Å². The van der Waals surface area contributed by atoms with E-state index in [0.29, 0.717) is 0 Å². The van der Waals surface area contributed by atoms with Crippen LogP contribution in [0, 0.1) is 0 Å². The lowest BCUT2D eigenvalue weighted by molar-refractivity contribution is -0.137. The quantitative estimate of drug-likeness (QED) is 0.870. The summed E-state index contributed by atoms with van der Waals surface area (Å²) in [5, 5.41) is 2.94. The van der Waals surface area contributed by atoms with Gasteiger partial charge in [0, 0.05) is 31.6 Å². The smallest absolute Gasteiger partial charge is 0.353 e. The summed E-state index contributed by atoms with van der Waals surface area (Å²) >= 11 is 0. The fraction of sp³-hybridized carbons (Fsp3) is 0.556. The third-order valence-electron chi connectivity index (χ3n) is 4.40. The molecule has 0 aliphatic heterocycles. The van der Waals surface area contributed by atoms with Gasteiger partial charge in [0.2, 0.25) is 11.8 Å². The maximum absolute atomic E-state index is 12.8. The second-order valence-electron chi connectivity index (χ2n) is 6.37. The number of alkyl halides is 3. The summed E-state index contributed by atoms with van der Waals surface area (Å²) in [7, 11) is 0. The first kappa shape index (κ1) is 19.3. The lowest BCUT2D eigenvalue weighted by Gasteiger charge is -2.25. The fourth-order valence-corrected chi connectivity index (χ4v) is 3.08. The summed E-state index contributed by atoms with van der Waals surface area (Å²) in [5.74, 6) is -0.574. The van der Waals surface area contributed by atoms with E-state index in [-0.39, 0.29) is 30.6 Å². The van der Waals surface area contributed by atoms with E-state index >= 15 is 0 Å². The second-order valence-corrected chi connectivity index (χ2v) is 6.37. The number of carbonyl (C=O) groups excluding carboxylic acids is 2. The molecule has 0 atom stereocenters. The van der Waals surface area contributed by atoms with Gasteiger partial charge in [0.25, 0.3) is 0 Å². The zero-order chi connectivity index (χ0) is 18.4. The van der Waals surface area contributed by atoms with Gasteiger partial charge in [-0.15, -0.1) is 0 Å². The first-order valence-corrected chi connectivity index (χ1v) is 8.52. The fourth-order valence-electron chi connectivity index (χ4n) is 3.08.